The zero-order valence-electron chi connectivity index (χ0n) is 11.0. The molecule has 2 N–H and O–H groups in total. The highest BCUT2D eigenvalue weighted by Crippen LogP contribution is 2.34. The molecule has 1 aliphatic rings. The molecular formula is C13H17ClN4O2. The molecule has 6 nitrogen and oxygen atoms in total. The second-order valence-electron chi connectivity index (χ2n) is 4.85. The van der Waals surface area contributed by atoms with Crippen molar-refractivity contribution in [1.29, 1.82) is 0 Å². The lowest BCUT2D eigenvalue weighted by Gasteiger charge is -2.17. The molecule has 0 amide bonds. The van der Waals surface area contributed by atoms with E-state index in [9.17, 15) is 0 Å². The van der Waals surface area contributed by atoms with Crippen molar-refractivity contribution in [3.8, 4) is 5.75 Å². The molecule has 3 rings (SSSR count). The van der Waals surface area contributed by atoms with Crippen molar-refractivity contribution in [3.63, 3.8) is 0 Å². The molecule has 2 aromatic heterocycles. The number of ether oxygens (including phenoxy) is 1. The fourth-order valence-electron chi connectivity index (χ4n) is 2.32. The summed E-state index contributed by atoms with van der Waals surface area (Å²) in [4.78, 5) is 8.30. The summed E-state index contributed by atoms with van der Waals surface area (Å²) in [6.07, 6.45) is 7.39. The van der Waals surface area contributed by atoms with E-state index in [0.29, 0.717) is 17.5 Å². The third kappa shape index (κ3) is 3.08. The largest absolute Gasteiger partial charge is 0.482 e. The van der Waals surface area contributed by atoms with Crippen molar-refractivity contribution in [3.05, 3.63) is 36.2 Å². The Labute approximate surface area is 123 Å². The van der Waals surface area contributed by atoms with E-state index >= 15 is 0 Å². The van der Waals surface area contributed by atoms with Crippen LogP contribution in [0.2, 0.25) is 0 Å². The Morgan fingerprint density at radius 2 is 2.15 bits per heavy atom. The summed E-state index contributed by atoms with van der Waals surface area (Å²) in [5, 5.41) is 3.98. The maximum absolute atomic E-state index is 6.27. The minimum absolute atomic E-state index is 0. The van der Waals surface area contributed by atoms with Gasteiger partial charge in [-0.25, -0.2) is 0 Å². The number of aromatic nitrogens is 3. The first-order valence-electron chi connectivity index (χ1n) is 6.41. The van der Waals surface area contributed by atoms with Crippen LogP contribution in [0.15, 0.2) is 29.0 Å². The van der Waals surface area contributed by atoms with Crippen molar-refractivity contribution in [2.24, 2.45) is 5.73 Å². The fraction of sp³-hybridized carbons (Fsp3) is 0.462. The standard InChI is InChI=1S/C13H16N4O2.ClH/c14-13(5-1-2-6-13)12-16-11(19-17-12)9-18-10-4-3-7-15-8-10;/h3-4,7-8H,1-2,5-6,9,14H2;1H. The molecule has 0 unspecified atom stereocenters. The van der Waals surface area contributed by atoms with Crippen LogP contribution < -0.4 is 10.5 Å². The lowest BCUT2D eigenvalue weighted by Crippen LogP contribution is -2.34. The van der Waals surface area contributed by atoms with Crippen LogP contribution in [-0.4, -0.2) is 15.1 Å². The predicted molar refractivity (Wildman–Crippen MR) is 74.4 cm³/mol. The summed E-state index contributed by atoms with van der Waals surface area (Å²) in [5.74, 6) is 1.70. The van der Waals surface area contributed by atoms with E-state index in [-0.39, 0.29) is 19.0 Å². The van der Waals surface area contributed by atoms with E-state index in [4.69, 9.17) is 15.0 Å². The second kappa shape index (κ2) is 6.19. The monoisotopic (exact) mass is 296 g/mol. The summed E-state index contributed by atoms with van der Waals surface area (Å²) in [6.45, 7) is 0.231. The molecule has 0 radical (unpaired) electrons. The molecular weight excluding hydrogens is 280 g/mol. The van der Waals surface area contributed by atoms with Crippen molar-refractivity contribution in [1.82, 2.24) is 15.1 Å². The molecule has 1 saturated carbocycles. The first-order valence-corrected chi connectivity index (χ1v) is 6.41. The molecule has 1 fully saturated rings. The molecule has 0 aromatic carbocycles. The van der Waals surface area contributed by atoms with E-state index in [1.54, 1.807) is 12.4 Å². The summed E-state index contributed by atoms with van der Waals surface area (Å²) in [7, 11) is 0. The van der Waals surface area contributed by atoms with Gasteiger partial charge < -0.3 is 15.0 Å². The smallest absolute Gasteiger partial charge is 0.264 e. The molecule has 1 aliphatic carbocycles. The van der Waals surface area contributed by atoms with Gasteiger partial charge in [-0.1, -0.05) is 18.0 Å². The van der Waals surface area contributed by atoms with Crippen LogP contribution in [-0.2, 0) is 12.1 Å². The lowest BCUT2D eigenvalue weighted by atomic mass is 9.99. The van der Waals surface area contributed by atoms with Gasteiger partial charge >= 0.3 is 0 Å². The lowest BCUT2D eigenvalue weighted by molar-refractivity contribution is 0.240. The van der Waals surface area contributed by atoms with Crippen molar-refractivity contribution < 1.29 is 9.26 Å². The minimum atomic E-state index is -0.421. The van der Waals surface area contributed by atoms with Gasteiger partial charge in [0.2, 0.25) is 0 Å². The van der Waals surface area contributed by atoms with Crippen molar-refractivity contribution in [2.45, 2.75) is 37.8 Å². The highest BCUT2D eigenvalue weighted by atomic mass is 35.5. The maximum Gasteiger partial charge on any atom is 0.264 e. The number of halogens is 1. The Hall–Kier alpha value is -1.66. The van der Waals surface area contributed by atoms with Crippen LogP contribution in [0.25, 0.3) is 0 Å². The van der Waals surface area contributed by atoms with Crippen LogP contribution in [0.5, 0.6) is 5.75 Å². The Morgan fingerprint density at radius 1 is 1.35 bits per heavy atom. The maximum atomic E-state index is 6.27. The van der Waals surface area contributed by atoms with Gasteiger partial charge in [0.15, 0.2) is 12.4 Å². The van der Waals surface area contributed by atoms with E-state index in [1.807, 2.05) is 12.1 Å². The van der Waals surface area contributed by atoms with Crippen molar-refractivity contribution in [2.75, 3.05) is 0 Å². The Balaban J connectivity index is 0.00000147. The normalized spacial score (nSPS) is 16.6. The highest BCUT2D eigenvalue weighted by Gasteiger charge is 2.35. The molecule has 0 spiro atoms. The third-order valence-corrected chi connectivity index (χ3v) is 3.41. The minimum Gasteiger partial charge on any atom is -0.482 e. The number of hydrogen-bond donors (Lipinski definition) is 1. The zero-order valence-corrected chi connectivity index (χ0v) is 11.8. The van der Waals surface area contributed by atoms with Gasteiger partial charge in [-0.05, 0) is 25.0 Å². The first-order chi connectivity index (χ1) is 9.26. The number of rotatable bonds is 4. The number of hydrogen-bond acceptors (Lipinski definition) is 6. The average molecular weight is 297 g/mol. The molecule has 0 bridgehead atoms. The molecule has 0 atom stereocenters. The van der Waals surface area contributed by atoms with Crippen LogP contribution in [0.1, 0.15) is 37.4 Å². The van der Waals surface area contributed by atoms with E-state index < -0.39 is 5.54 Å². The fourth-order valence-corrected chi connectivity index (χ4v) is 2.32. The number of pyridine rings is 1. The topological polar surface area (TPSA) is 87.1 Å². The molecule has 2 aromatic rings. The molecule has 7 heteroatoms. The third-order valence-electron chi connectivity index (χ3n) is 3.41. The highest BCUT2D eigenvalue weighted by molar-refractivity contribution is 5.85. The molecule has 108 valence electrons. The van der Waals surface area contributed by atoms with Crippen LogP contribution in [0, 0.1) is 0 Å². The van der Waals surface area contributed by atoms with Crippen LogP contribution in [0.4, 0.5) is 0 Å². The Morgan fingerprint density at radius 3 is 2.85 bits per heavy atom. The summed E-state index contributed by atoms with van der Waals surface area (Å²) < 4.78 is 10.7. The van der Waals surface area contributed by atoms with E-state index in [1.165, 1.54) is 0 Å². The number of nitrogens with zero attached hydrogens (tertiary/aromatic N) is 3. The van der Waals surface area contributed by atoms with Crippen LogP contribution >= 0.6 is 12.4 Å². The van der Waals surface area contributed by atoms with Crippen LogP contribution in [0.3, 0.4) is 0 Å². The van der Waals surface area contributed by atoms with E-state index in [0.717, 1.165) is 25.7 Å². The first kappa shape index (κ1) is 14.7. The van der Waals surface area contributed by atoms with Gasteiger partial charge in [0.1, 0.15) is 5.75 Å². The summed E-state index contributed by atoms with van der Waals surface area (Å²) in [5.41, 5.74) is 5.84. The molecule has 0 saturated heterocycles. The molecule has 2 heterocycles. The van der Waals surface area contributed by atoms with Crippen molar-refractivity contribution >= 4 is 12.4 Å². The second-order valence-corrected chi connectivity index (χ2v) is 4.85. The van der Waals surface area contributed by atoms with E-state index in [2.05, 4.69) is 15.1 Å². The molecule has 20 heavy (non-hydrogen) atoms. The Bertz CT molecular complexity index is 540. The van der Waals surface area contributed by atoms with Gasteiger partial charge in [0.25, 0.3) is 5.89 Å². The van der Waals surface area contributed by atoms with Gasteiger partial charge in [0, 0.05) is 6.20 Å². The summed E-state index contributed by atoms with van der Waals surface area (Å²) in [6, 6.07) is 3.63. The quantitative estimate of drug-likeness (QED) is 0.930. The van der Waals surface area contributed by atoms with Gasteiger partial charge in [-0.2, -0.15) is 4.98 Å². The summed E-state index contributed by atoms with van der Waals surface area (Å²) >= 11 is 0. The molecule has 0 aliphatic heterocycles. The average Bonchev–Trinajstić information content (AvgIpc) is 3.07. The van der Waals surface area contributed by atoms with Gasteiger partial charge in [-0.15, -0.1) is 12.4 Å². The Kier molecular flexibility index (Phi) is 4.57. The SMILES string of the molecule is Cl.NC1(c2noc(COc3cccnc3)n2)CCCC1. The predicted octanol–water partition coefficient (Wildman–Crippen LogP) is 2.19. The van der Waals surface area contributed by atoms with Gasteiger partial charge in [0.05, 0.1) is 11.7 Å². The van der Waals surface area contributed by atoms with Gasteiger partial charge in [-0.3, -0.25) is 4.98 Å². The zero-order chi connectivity index (χ0) is 13.1. The number of nitrogens with two attached hydrogens (primary N) is 1.